The van der Waals surface area contributed by atoms with E-state index in [4.69, 9.17) is 13.9 Å². The van der Waals surface area contributed by atoms with Crippen molar-refractivity contribution in [2.24, 2.45) is 0 Å². The number of hydrogen-bond acceptors (Lipinski definition) is 4. The van der Waals surface area contributed by atoms with Crippen molar-refractivity contribution in [1.82, 2.24) is 0 Å². The smallest absolute Gasteiger partial charge is 0.307 e. The largest absolute Gasteiger partial charge is 0.497 e. The van der Waals surface area contributed by atoms with Crippen LogP contribution in [0.1, 0.15) is 44.4 Å². The molecule has 0 aliphatic rings. The van der Waals surface area contributed by atoms with Crippen molar-refractivity contribution in [3.63, 3.8) is 0 Å². The second-order valence-corrected chi connectivity index (χ2v) is 6.13. The standard InChI is InChI=1S/C18H22O4/c1-18(2,3)22-17(19)12-15(16-6-5-11-21-16)13-7-9-14(20-4)10-8-13/h5-11,15H,12H2,1-4H3/t15-/m0/s1. The van der Waals surface area contributed by atoms with Gasteiger partial charge in [-0.2, -0.15) is 0 Å². The van der Waals surface area contributed by atoms with Gasteiger partial charge in [-0.3, -0.25) is 4.79 Å². The molecule has 22 heavy (non-hydrogen) atoms. The van der Waals surface area contributed by atoms with Crippen LogP contribution in [0.3, 0.4) is 0 Å². The molecule has 2 rings (SSSR count). The summed E-state index contributed by atoms with van der Waals surface area (Å²) in [6.07, 6.45) is 1.85. The summed E-state index contributed by atoms with van der Waals surface area (Å²) in [5, 5.41) is 0. The highest BCUT2D eigenvalue weighted by atomic mass is 16.6. The van der Waals surface area contributed by atoms with E-state index in [9.17, 15) is 4.79 Å². The lowest BCUT2D eigenvalue weighted by atomic mass is 9.93. The van der Waals surface area contributed by atoms with Gasteiger partial charge >= 0.3 is 5.97 Å². The summed E-state index contributed by atoms with van der Waals surface area (Å²) in [4.78, 5) is 12.2. The van der Waals surface area contributed by atoms with Crippen LogP contribution < -0.4 is 4.74 Å². The number of carbonyl (C=O) groups excluding carboxylic acids is 1. The Bertz CT molecular complexity index is 591. The second kappa shape index (κ2) is 6.69. The average Bonchev–Trinajstić information content (AvgIpc) is 2.97. The minimum atomic E-state index is -0.495. The van der Waals surface area contributed by atoms with E-state index < -0.39 is 5.60 Å². The first kappa shape index (κ1) is 16.1. The van der Waals surface area contributed by atoms with E-state index >= 15 is 0 Å². The van der Waals surface area contributed by atoms with Crippen molar-refractivity contribution in [2.75, 3.05) is 7.11 Å². The van der Waals surface area contributed by atoms with Gasteiger partial charge in [0.25, 0.3) is 0 Å². The number of furan rings is 1. The van der Waals surface area contributed by atoms with Gasteiger partial charge in [0.05, 0.1) is 25.7 Å². The van der Waals surface area contributed by atoms with Gasteiger partial charge in [0, 0.05) is 0 Å². The van der Waals surface area contributed by atoms with Gasteiger partial charge in [-0.1, -0.05) is 12.1 Å². The molecule has 2 aromatic rings. The van der Waals surface area contributed by atoms with Crippen molar-refractivity contribution >= 4 is 5.97 Å². The Morgan fingerprint density at radius 3 is 2.36 bits per heavy atom. The van der Waals surface area contributed by atoms with Gasteiger partial charge < -0.3 is 13.9 Å². The highest BCUT2D eigenvalue weighted by Crippen LogP contribution is 2.30. The molecule has 0 unspecified atom stereocenters. The molecule has 1 aromatic heterocycles. The number of ether oxygens (including phenoxy) is 2. The van der Waals surface area contributed by atoms with Crippen molar-refractivity contribution < 1.29 is 18.7 Å². The maximum Gasteiger partial charge on any atom is 0.307 e. The highest BCUT2D eigenvalue weighted by Gasteiger charge is 2.24. The molecular formula is C18H22O4. The molecule has 1 atom stereocenters. The molecule has 1 heterocycles. The minimum Gasteiger partial charge on any atom is -0.497 e. The van der Waals surface area contributed by atoms with Crippen LogP contribution in [0.4, 0.5) is 0 Å². The van der Waals surface area contributed by atoms with E-state index in [1.54, 1.807) is 13.4 Å². The Hall–Kier alpha value is -2.23. The first-order valence-corrected chi connectivity index (χ1v) is 7.28. The lowest BCUT2D eigenvalue weighted by Gasteiger charge is -2.22. The topological polar surface area (TPSA) is 48.7 Å². The summed E-state index contributed by atoms with van der Waals surface area (Å²) in [6, 6.07) is 11.3. The molecule has 0 bridgehead atoms. The molecule has 0 radical (unpaired) electrons. The Labute approximate surface area is 131 Å². The summed E-state index contributed by atoms with van der Waals surface area (Å²) in [7, 11) is 1.62. The van der Waals surface area contributed by atoms with E-state index in [0.29, 0.717) is 0 Å². The first-order valence-electron chi connectivity index (χ1n) is 7.28. The molecule has 4 nitrogen and oxygen atoms in total. The van der Waals surface area contributed by atoms with Crippen LogP contribution in [0.25, 0.3) is 0 Å². The fraction of sp³-hybridized carbons (Fsp3) is 0.389. The summed E-state index contributed by atoms with van der Waals surface area (Å²) in [5.74, 6) is 1.11. The molecule has 0 saturated heterocycles. The Kier molecular flexibility index (Phi) is 4.91. The Morgan fingerprint density at radius 1 is 1.18 bits per heavy atom. The molecule has 0 N–H and O–H groups in total. The van der Waals surface area contributed by atoms with Crippen molar-refractivity contribution in [2.45, 2.75) is 38.7 Å². The zero-order valence-corrected chi connectivity index (χ0v) is 13.5. The number of methoxy groups -OCH3 is 1. The summed E-state index contributed by atoms with van der Waals surface area (Å²) in [5.41, 5.74) is 0.492. The van der Waals surface area contributed by atoms with Crippen molar-refractivity contribution in [3.05, 3.63) is 54.0 Å². The third-order valence-corrected chi connectivity index (χ3v) is 3.20. The minimum absolute atomic E-state index is 0.171. The average molecular weight is 302 g/mol. The Morgan fingerprint density at radius 2 is 1.86 bits per heavy atom. The SMILES string of the molecule is COc1ccc([C@H](CC(=O)OC(C)(C)C)c2ccco2)cc1. The summed E-state index contributed by atoms with van der Waals surface area (Å²) < 4.78 is 16.1. The van der Waals surface area contributed by atoms with Crippen LogP contribution in [0.15, 0.2) is 47.1 Å². The van der Waals surface area contributed by atoms with Gasteiger partial charge in [0.15, 0.2) is 0 Å². The van der Waals surface area contributed by atoms with Gasteiger partial charge in [-0.25, -0.2) is 0 Å². The zero-order chi connectivity index (χ0) is 16.2. The number of esters is 1. The molecule has 118 valence electrons. The predicted molar refractivity (Wildman–Crippen MR) is 84.0 cm³/mol. The third kappa shape index (κ3) is 4.38. The van der Waals surface area contributed by atoms with Crippen LogP contribution in [0.2, 0.25) is 0 Å². The lowest BCUT2D eigenvalue weighted by molar-refractivity contribution is -0.155. The van der Waals surface area contributed by atoms with Crippen LogP contribution in [0.5, 0.6) is 5.75 Å². The normalized spacial score (nSPS) is 12.7. The molecular weight excluding hydrogens is 280 g/mol. The molecule has 0 fully saturated rings. The molecule has 0 amide bonds. The first-order chi connectivity index (χ1) is 10.4. The number of hydrogen-bond donors (Lipinski definition) is 0. The molecule has 0 aliphatic carbocycles. The fourth-order valence-corrected chi connectivity index (χ4v) is 2.26. The predicted octanol–water partition coefficient (Wildman–Crippen LogP) is 4.15. The monoisotopic (exact) mass is 302 g/mol. The molecule has 1 aromatic carbocycles. The Balaban J connectivity index is 2.21. The van der Waals surface area contributed by atoms with Gasteiger partial charge in [-0.15, -0.1) is 0 Å². The van der Waals surface area contributed by atoms with E-state index in [2.05, 4.69) is 0 Å². The summed E-state index contributed by atoms with van der Waals surface area (Å²) >= 11 is 0. The fourth-order valence-electron chi connectivity index (χ4n) is 2.26. The molecule has 0 aliphatic heterocycles. The highest BCUT2D eigenvalue weighted by molar-refractivity contribution is 5.71. The van der Waals surface area contributed by atoms with E-state index in [1.165, 1.54) is 0 Å². The maximum atomic E-state index is 12.2. The lowest BCUT2D eigenvalue weighted by Crippen LogP contribution is -2.25. The number of rotatable bonds is 5. The number of carbonyl (C=O) groups is 1. The molecule has 4 heteroatoms. The number of benzene rings is 1. The second-order valence-electron chi connectivity index (χ2n) is 6.13. The van der Waals surface area contributed by atoms with Crippen molar-refractivity contribution in [1.29, 1.82) is 0 Å². The van der Waals surface area contributed by atoms with Gasteiger partial charge in [-0.05, 0) is 50.6 Å². The van der Waals surface area contributed by atoms with Gasteiger partial charge in [0.2, 0.25) is 0 Å². The van der Waals surface area contributed by atoms with E-state index in [-0.39, 0.29) is 18.3 Å². The summed E-state index contributed by atoms with van der Waals surface area (Å²) in [6.45, 7) is 5.58. The maximum absolute atomic E-state index is 12.2. The van der Waals surface area contributed by atoms with Crippen LogP contribution in [-0.2, 0) is 9.53 Å². The third-order valence-electron chi connectivity index (χ3n) is 3.20. The van der Waals surface area contributed by atoms with E-state index in [0.717, 1.165) is 17.1 Å². The van der Waals surface area contributed by atoms with Gasteiger partial charge in [0.1, 0.15) is 17.1 Å². The van der Waals surface area contributed by atoms with Crippen LogP contribution >= 0.6 is 0 Å². The zero-order valence-electron chi connectivity index (χ0n) is 13.5. The van der Waals surface area contributed by atoms with Crippen LogP contribution in [0, 0.1) is 0 Å². The molecule has 0 spiro atoms. The van der Waals surface area contributed by atoms with Crippen LogP contribution in [-0.4, -0.2) is 18.7 Å². The van der Waals surface area contributed by atoms with Crippen molar-refractivity contribution in [3.8, 4) is 5.75 Å². The quantitative estimate of drug-likeness (QED) is 0.778. The molecule has 0 saturated carbocycles. The van der Waals surface area contributed by atoms with E-state index in [1.807, 2.05) is 57.2 Å².